The smallest absolute Gasteiger partial charge is 0.227 e. The van der Waals surface area contributed by atoms with Crippen LogP contribution < -0.4 is 10.2 Å². The van der Waals surface area contributed by atoms with Crippen molar-refractivity contribution in [2.24, 2.45) is 0 Å². The van der Waals surface area contributed by atoms with E-state index >= 15 is 0 Å². The Bertz CT molecular complexity index is 264. The number of nitrogens with one attached hydrogen (secondary N) is 1. The molecule has 0 amide bonds. The Morgan fingerprint density at radius 1 is 1.46 bits per heavy atom. The number of nitrogens with zero attached hydrogens (tertiary/aromatic N) is 2. The third-order valence-corrected chi connectivity index (χ3v) is 2.27. The summed E-state index contributed by atoms with van der Waals surface area (Å²) in [4.78, 5) is 2.24. The van der Waals surface area contributed by atoms with Crippen molar-refractivity contribution in [3.05, 3.63) is 11.8 Å². The van der Waals surface area contributed by atoms with E-state index in [-0.39, 0.29) is 0 Å². The van der Waals surface area contributed by atoms with Crippen molar-refractivity contribution in [1.82, 2.24) is 10.5 Å². The second-order valence-corrected chi connectivity index (χ2v) is 3.40. The molecule has 0 unspecified atom stereocenters. The molecule has 1 aromatic heterocycles. The van der Waals surface area contributed by atoms with Gasteiger partial charge in [0, 0.05) is 25.7 Å². The first kappa shape index (κ1) is 8.56. The van der Waals surface area contributed by atoms with E-state index in [9.17, 15) is 0 Å². The highest BCUT2D eigenvalue weighted by Crippen LogP contribution is 2.15. The summed E-state index contributed by atoms with van der Waals surface area (Å²) >= 11 is 0. The molecule has 0 aromatic carbocycles. The molecule has 1 aliphatic rings. The molecule has 4 nitrogen and oxygen atoms in total. The maximum Gasteiger partial charge on any atom is 0.227 e. The topological polar surface area (TPSA) is 41.3 Å². The SMILES string of the molecule is Cc1cc(N2CCCNCC2)on1. The lowest BCUT2D eigenvalue weighted by Crippen LogP contribution is -2.27. The van der Waals surface area contributed by atoms with E-state index < -0.39 is 0 Å². The molecule has 2 rings (SSSR count). The molecule has 0 bridgehead atoms. The lowest BCUT2D eigenvalue weighted by Gasteiger charge is -2.17. The monoisotopic (exact) mass is 181 g/mol. The standard InChI is InChI=1S/C9H15N3O/c1-8-7-9(13-11-8)12-5-2-3-10-4-6-12/h7,10H,2-6H2,1H3. The minimum atomic E-state index is 0.904. The quantitative estimate of drug-likeness (QED) is 0.695. The van der Waals surface area contributed by atoms with Crippen molar-refractivity contribution in [2.45, 2.75) is 13.3 Å². The van der Waals surface area contributed by atoms with E-state index in [1.54, 1.807) is 0 Å². The van der Waals surface area contributed by atoms with Gasteiger partial charge >= 0.3 is 0 Å². The highest BCUT2D eigenvalue weighted by atomic mass is 16.5. The van der Waals surface area contributed by atoms with E-state index in [1.165, 1.54) is 6.42 Å². The van der Waals surface area contributed by atoms with Gasteiger partial charge in [0.1, 0.15) is 0 Å². The lowest BCUT2D eigenvalue weighted by molar-refractivity contribution is 0.412. The minimum absolute atomic E-state index is 0.904. The van der Waals surface area contributed by atoms with Gasteiger partial charge in [-0.2, -0.15) is 0 Å². The molecule has 1 fully saturated rings. The Balaban J connectivity index is 2.06. The van der Waals surface area contributed by atoms with E-state index in [2.05, 4.69) is 15.4 Å². The van der Waals surface area contributed by atoms with E-state index in [0.717, 1.165) is 37.8 Å². The molecule has 1 aromatic rings. The lowest BCUT2D eigenvalue weighted by atomic mass is 10.4. The number of hydrogen-bond donors (Lipinski definition) is 1. The molecule has 0 radical (unpaired) electrons. The summed E-state index contributed by atoms with van der Waals surface area (Å²) in [7, 11) is 0. The van der Waals surface area contributed by atoms with Crippen LogP contribution in [0.4, 0.5) is 5.88 Å². The van der Waals surface area contributed by atoms with Gasteiger partial charge in [0.25, 0.3) is 0 Å². The molecular weight excluding hydrogens is 166 g/mol. The zero-order valence-corrected chi connectivity index (χ0v) is 7.92. The highest BCUT2D eigenvalue weighted by Gasteiger charge is 2.12. The molecule has 1 saturated heterocycles. The summed E-state index contributed by atoms with van der Waals surface area (Å²) in [5, 5.41) is 7.24. The van der Waals surface area contributed by atoms with Crippen LogP contribution in [0.3, 0.4) is 0 Å². The number of aryl methyl sites for hydroxylation is 1. The highest BCUT2D eigenvalue weighted by molar-refractivity contribution is 5.35. The Kier molecular flexibility index (Phi) is 2.49. The van der Waals surface area contributed by atoms with Gasteiger partial charge in [-0.15, -0.1) is 0 Å². The Labute approximate surface area is 77.9 Å². The van der Waals surface area contributed by atoms with E-state index in [0.29, 0.717) is 0 Å². The average Bonchev–Trinajstić information content (AvgIpc) is 2.43. The predicted molar refractivity (Wildman–Crippen MR) is 50.9 cm³/mol. The van der Waals surface area contributed by atoms with E-state index in [1.807, 2.05) is 13.0 Å². The van der Waals surface area contributed by atoms with Crippen molar-refractivity contribution in [2.75, 3.05) is 31.1 Å². The summed E-state index contributed by atoms with van der Waals surface area (Å²) in [5.41, 5.74) is 0.951. The molecule has 2 heterocycles. The summed E-state index contributed by atoms with van der Waals surface area (Å²) < 4.78 is 5.21. The first-order chi connectivity index (χ1) is 6.36. The average molecular weight is 181 g/mol. The minimum Gasteiger partial charge on any atom is -0.339 e. The Morgan fingerprint density at radius 3 is 3.15 bits per heavy atom. The van der Waals surface area contributed by atoms with Crippen LogP contribution in [0.15, 0.2) is 10.6 Å². The van der Waals surface area contributed by atoms with Crippen molar-refractivity contribution in [3.63, 3.8) is 0 Å². The van der Waals surface area contributed by atoms with Gasteiger partial charge < -0.3 is 14.7 Å². The predicted octanol–water partition coefficient (Wildman–Crippen LogP) is 0.783. The molecule has 13 heavy (non-hydrogen) atoms. The van der Waals surface area contributed by atoms with Crippen LogP contribution in [0.25, 0.3) is 0 Å². The summed E-state index contributed by atoms with van der Waals surface area (Å²) in [5.74, 6) is 0.904. The van der Waals surface area contributed by atoms with Crippen molar-refractivity contribution >= 4 is 5.88 Å². The fourth-order valence-corrected chi connectivity index (χ4v) is 1.57. The molecule has 0 saturated carbocycles. The number of anilines is 1. The van der Waals surface area contributed by atoms with Gasteiger partial charge in [0.2, 0.25) is 5.88 Å². The fourth-order valence-electron chi connectivity index (χ4n) is 1.57. The number of rotatable bonds is 1. The van der Waals surface area contributed by atoms with Gasteiger partial charge in [0.05, 0.1) is 5.69 Å². The van der Waals surface area contributed by atoms with Crippen LogP contribution in [0.5, 0.6) is 0 Å². The van der Waals surface area contributed by atoms with Crippen LogP contribution >= 0.6 is 0 Å². The van der Waals surface area contributed by atoms with Crippen LogP contribution in [0.2, 0.25) is 0 Å². The second-order valence-electron chi connectivity index (χ2n) is 3.40. The van der Waals surface area contributed by atoms with Crippen LogP contribution in [-0.2, 0) is 0 Å². The van der Waals surface area contributed by atoms with Gasteiger partial charge in [-0.1, -0.05) is 5.16 Å². The van der Waals surface area contributed by atoms with Gasteiger partial charge in [-0.3, -0.25) is 0 Å². The first-order valence-electron chi connectivity index (χ1n) is 4.75. The molecule has 1 aliphatic heterocycles. The molecule has 0 aliphatic carbocycles. The molecule has 72 valence electrons. The second kappa shape index (κ2) is 3.79. The third-order valence-electron chi connectivity index (χ3n) is 2.27. The molecular formula is C9H15N3O. The van der Waals surface area contributed by atoms with Crippen LogP contribution in [0.1, 0.15) is 12.1 Å². The summed E-state index contributed by atoms with van der Waals surface area (Å²) in [6.07, 6.45) is 1.17. The van der Waals surface area contributed by atoms with Crippen LogP contribution in [0, 0.1) is 6.92 Å². The zero-order valence-electron chi connectivity index (χ0n) is 7.92. The maximum atomic E-state index is 5.21. The van der Waals surface area contributed by atoms with Crippen molar-refractivity contribution < 1.29 is 4.52 Å². The molecule has 0 atom stereocenters. The molecule has 0 spiro atoms. The largest absolute Gasteiger partial charge is 0.339 e. The number of aromatic nitrogens is 1. The number of hydrogen-bond acceptors (Lipinski definition) is 4. The van der Waals surface area contributed by atoms with Crippen LogP contribution in [-0.4, -0.2) is 31.3 Å². The Morgan fingerprint density at radius 2 is 2.38 bits per heavy atom. The third kappa shape index (κ3) is 2.01. The normalized spacial score (nSPS) is 18.7. The molecule has 4 heteroatoms. The van der Waals surface area contributed by atoms with Gasteiger partial charge in [-0.25, -0.2) is 0 Å². The first-order valence-corrected chi connectivity index (χ1v) is 4.75. The van der Waals surface area contributed by atoms with Gasteiger partial charge in [0.15, 0.2) is 0 Å². The summed E-state index contributed by atoms with van der Waals surface area (Å²) in [6, 6.07) is 1.99. The van der Waals surface area contributed by atoms with E-state index in [4.69, 9.17) is 4.52 Å². The Hall–Kier alpha value is -1.03. The summed E-state index contributed by atoms with van der Waals surface area (Å²) in [6.45, 7) is 6.14. The van der Waals surface area contributed by atoms with Crippen molar-refractivity contribution in [1.29, 1.82) is 0 Å². The molecule has 1 N–H and O–H groups in total. The maximum absolute atomic E-state index is 5.21. The van der Waals surface area contributed by atoms with Crippen molar-refractivity contribution in [3.8, 4) is 0 Å². The zero-order chi connectivity index (χ0) is 9.10. The fraction of sp³-hybridized carbons (Fsp3) is 0.667. The van der Waals surface area contributed by atoms with Gasteiger partial charge in [-0.05, 0) is 19.9 Å².